The normalized spacial score (nSPS) is 15.5. The van der Waals surface area contributed by atoms with Gasteiger partial charge in [0.1, 0.15) is 5.75 Å². The van der Waals surface area contributed by atoms with Crippen LogP contribution >= 0.6 is 0 Å². The largest absolute Gasteiger partial charge is 0.493 e. The first kappa shape index (κ1) is 12.5. The smallest absolute Gasteiger partial charge is 0.182 e. The van der Waals surface area contributed by atoms with Crippen molar-refractivity contribution < 1.29 is 9.53 Å². The lowest BCUT2D eigenvalue weighted by Gasteiger charge is -2.18. The number of ketones is 1. The van der Waals surface area contributed by atoms with Gasteiger partial charge in [-0.3, -0.25) is 4.79 Å². The van der Waals surface area contributed by atoms with Crippen molar-refractivity contribution in [1.29, 1.82) is 0 Å². The summed E-state index contributed by atoms with van der Waals surface area (Å²) in [7, 11) is 0. The van der Waals surface area contributed by atoms with Gasteiger partial charge in [-0.15, -0.1) is 0 Å². The van der Waals surface area contributed by atoms with Crippen LogP contribution in [0.1, 0.15) is 21.5 Å². The number of hydrogen-bond acceptors (Lipinski definition) is 3. The van der Waals surface area contributed by atoms with Crippen molar-refractivity contribution in [3.63, 3.8) is 0 Å². The maximum atomic E-state index is 12.5. The number of hydrogen-bond donors (Lipinski definition) is 0. The number of para-hydroxylation sites is 1. The van der Waals surface area contributed by atoms with Crippen LogP contribution in [0.2, 0.25) is 0 Å². The fraction of sp³-hybridized carbons (Fsp3) is 0.278. The third-order valence-electron chi connectivity index (χ3n) is 4.33. The molecule has 4 rings (SSSR count). The van der Waals surface area contributed by atoms with E-state index in [0.29, 0.717) is 6.54 Å². The molecule has 2 aliphatic heterocycles. The Balaban J connectivity index is 1.54. The Labute approximate surface area is 124 Å². The number of fused-ring (bicyclic) bond motifs is 2. The molecular weight excluding hydrogens is 262 g/mol. The maximum Gasteiger partial charge on any atom is 0.182 e. The fourth-order valence-corrected chi connectivity index (χ4v) is 3.20. The zero-order valence-electron chi connectivity index (χ0n) is 11.8. The van der Waals surface area contributed by atoms with E-state index in [-0.39, 0.29) is 5.78 Å². The van der Waals surface area contributed by atoms with Gasteiger partial charge >= 0.3 is 0 Å². The highest BCUT2D eigenvalue weighted by molar-refractivity contribution is 5.99. The molecule has 0 saturated carbocycles. The predicted octanol–water partition coefficient (Wildman–Crippen LogP) is 2.87. The molecule has 0 amide bonds. The van der Waals surface area contributed by atoms with E-state index in [4.69, 9.17) is 4.74 Å². The SMILES string of the molecule is O=C(CN1CCc2ccccc21)c1ccc2c(c1)CCO2. The van der Waals surface area contributed by atoms with Crippen LogP contribution in [0.3, 0.4) is 0 Å². The summed E-state index contributed by atoms with van der Waals surface area (Å²) in [5.41, 5.74) is 4.49. The van der Waals surface area contributed by atoms with Crippen LogP contribution in [0.4, 0.5) is 5.69 Å². The van der Waals surface area contributed by atoms with Gasteiger partial charge in [0.15, 0.2) is 5.78 Å². The molecule has 0 saturated heterocycles. The number of Topliss-reactive ketones (excluding diaryl/α,β-unsaturated/α-hetero) is 1. The molecule has 2 aromatic rings. The topological polar surface area (TPSA) is 29.5 Å². The van der Waals surface area contributed by atoms with Crippen molar-refractivity contribution in [2.75, 3.05) is 24.6 Å². The maximum absolute atomic E-state index is 12.5. The number of ether oxygens (including phenoxy) is 1. The van der Waals surface area contributed by atoms with Crippen LogP contribution in [-0.4, -0.2) is 25.5 Å². The third kappa shape index (κ3) is 2.19. The van der Waals surface area contributed by atoms with Crippen LogP contribution in [0, 0.1) is 0 Å². The average molecular weight is 279 g/mol. The van der Waals surface area contributed by atoms with E-state index in [2.05, 4.69) is 23.1 Å². The summed E-state index contributed by atoms with van der Waals surface area (Å²) in [6.07, 6.45) is 1.94. The molecule has 3 nitrogen and oxygen atoms in total. The molecule has 2 aliphatic rings. The van der Waals surface area contributed by atoms with E-state index in [9.17, 15) is 4.79 Å². The molecule has 0 N–H and O–H groups in total. The summed E-state index contributed by atoms with van der Waals surface area (Å²) >= 11 is 0. The summed E-state index contributed by atoms with van der Waals surface area (Å²) < 4.78 is 5.49. The van der Waals surface area contributed by atoms with Gasteiger partial charge in [-0.25, -0.2) is 0 Å². The molecule has 0 aromatic heterocycles. The summed E-state index contributed by atoms with van der Waals surface area (Å²) in [6.45, 7) is 2.11. The molecular formula is C18H17NO2. The predicted molar refractivity (Wildman–Crippen MR) is 82.3 cm³/mol. The van der Waals surface area contributed by atoms with Crippen LogP contribution < -0.4 is 9.64 Å². The van der Waals surface area contributed by atoms with Crippen LogP contribution in [0.5, 0.6) is 5.75 Å². The van der Waals surface area contributed by atoms with Gasteiger partial charge in [0.05, 0.1) is 13.2 Å². The van der Waals surface area contributed by atoms with Gasteiger partial charge in [-0.2, -0.15) is 0 Å². The number of carbonyl (C=O) groups is 1. The van der Waals surface area contributed by atoms with E-state index >= 15 is 0 Å². The van der Waals surface area contributed by atoms with Gasteiger partial charge in [0.25, 0.3) is 0 Å². The van der Waals surface area contributed by atoms with Gasteiger partial charge in [-0.05, 0) is 41.8 Å². The number of carbonyl (C=O) groups excluding carboxylic acids is 1. The van der Waals surface area contributed by atoms with Gasteiger partial charge in [0.2, 0.25) is 0 Å². The van der Waals surface area contributed by atoms with Crippen LogP contribution in [-0.2, 0) is 12.8 Å². The van der Waals surface area contributed by atoms with Gasteiger partial charge in [0, 0.05) is 24.2 Å². The van der Waals surface area contributed by atoms with Crippen molar-refractivity contribution in [3.8, 4) is 5.75 Å². The lowest BCUT2D eigenvalue weighted by molar-refractivity contribution is 0.0999. The molecule has 0 atom stereocenters. The number of anilines is 1. The zero-order chi connectivity index (χ0) is 14.2. The summed E-state index contributed by atoms with van der Waals surface area (Å²) in [6, 6.07) is 14.1. The van der Waals surface area contributed by atoms with Gasteiger partial charge < -0.3 is 9.64 Å². The first-order valence-electron chi connectivity index (χ1n) is 7.43. The minimum Gasteiger partial charge on any atom is -0.493 e. The van der Waals surface area contributed by atoms with Gasteiger partial charge in [-0.1, -0.05) is 18.2 Å². The molecule has 106 valence electrons. The highest BCUT2D eigenvalue weighted by Crippen LogP contribution is 2.29. The molecule has 0 spiro atoms. The second kappa shape index (κ2) is 4.92. The Morgan fingerprint density at radius 1 is 1.10 bits per heavy atom. The fourth-order valence-electron chi connectivity index (χ4n) is 3.20. The van der Waals surface area contributed by atoms with E-state index in [1.54, 1.807) is 0 Å². The molecule has 0 fully saturated rings. The molecule has 0 unspecified atom stereocenters. The van der Waals surface area contributed by atoms with Crippen molar-refractivity contribution in [2.45, 2.75) is 12.8 Å². The lowest BCUT2D eigenvalue weighted by atomic mass is 10.1. The minimum absolute atomic E-state index is 0.182. The Hall–Kier alpha value is -2.29. The average Bonchev–Trinajstić information content (AvgIpc) is 3.13. The molecule has 2 aromatic carbocycles. The lowest BCUT2D eigenvalue weighted by Crippen LogP contribution is -2.28. The number of nitrogens with zero attached hydrogens (tertiary/aromatic N) is 1. The third-order valence-corrected chi connectivity index (χ3v) is 4.33. The summed E-state index contributed by atoms with van der Waals surface area (Å²) in [5, 5.41) is 0. The van der Waals surface area contributed by atoms with E-state index in [1.165, 1.54) is 11.3 Å². The minimum atomic E-state index is 0.182. The highest BCUT2D eigenvalue weighted by Gasteiger charge is 2.22. The zero-order valence-corrected chi connectivity index (χ0v) is 11.8. The van der Waals surface area contributed by atoms with Crippen molar-refractivity contribution in [3.05, 3.63) is 59.2 Å². The number of rotatable bonds is 3. The Morgan fingerprint density at radius 3 is 2.95 bits per heavy atom. The van der Waals surface area contributed by atoms with Crippen LogP contribution in [0.25, 0.3) is 0 Å². The van der Waals surface area contributed by atoms with Crippen molar-refractivity contribution in [2.24, 2.45) is 0 Å². The Bertz CT molecular complexity index is 708. The number of benzene rings is 2. The first-order chi connectivity index (χ1) is 10.3. The van der Waals surface area contributed by atoms with E-state index in [1.807, 2.05) is 24.3 Å². The molecule has 3 heteroatoms. The summed E-state index contributed by atoms with van der Waals surface area (Å²) in [4.78, 5) is 14.7. The standard InChI is InChI=1S/C18H17NO2/c20-17(14-5-6-18-15(11-14)8-10-21-18)12-19-9-7-13-3-1-2-4-16(13)19/h1-6,11H,7-10,12H2. The molecule has 0 bridgehead atoms. The molecule has 0 radical (unpaired) electrons. The van der Waals surface area contributed by atoms with Crippen molar-refractivity contribution >= 4 is 11.5 Å². The Kier molecular flexibility index (Phi) is 2.92. The molecule has 2 heterocycles. The second-order valence-electron chi connectivity index (χ2n) is 5.64. The highest BCUT2D eigenvalue weighted by atomic mass is 16.5. The summed E-state index contributed by atoms with van der Waals surface area (Å²) in [5.74, 6) is 1.11. The van der Waals surface area contributed by atoms with E-state index in [0.717, 1.165) is 42.9 Å². The Morgan fingerprint density at radius 2 is 2.00 bits per heavy atom. The second-order valence-corrected chi connectivity index (χ2v) is 5.64. The first-order valence-corrected chi connectivity index (χ1v) is 7.43. The molecule has 21 heavy (non-hydrogen) atoms. The quantitative estimate of drug-likeness (QED) is 0.809. The van der Waals surface area contributed by atoms with E-state index < -0.39 is 0 Å². The van der Waals surface area contributed by atoms with Crippen LogP contribution in [0.15, 0.2) is 42.5 Å². The molecule has 0 aliphatic carbocycles. The van der Waals surface area contributed by atoms with Crippen molar-refractivity contribution in [1.82, 2.24) is 0 Å². The monoisotopic (exact) mass is 279 g/mol.